The predicted molar refractivity (Wildman–Crippen MR) is 82.7 cm³/mol. The quantitative estimate of drug-likeness (QED) is 0.597. The van der Waals surface area contributed by atoms with Crippen LogP contribution in [0.1, 0.15) is 16.1 Å². The summed E-state index contributed by atoms with van der Waals surface area (Å²) in [6.45, 7) is 1.84. The molecule has 0 unspecified atom stereocenters. The number of benzene rings is 1. The molecule has 0 saturated heterocycles. The minimum absolute atomic E-state index is 0.236. The monoisotopic (exact) mass is 306 g/mol. The number of aryl methyl sites for hydroxylation is 1. The maximum absolute atomic E-state index is 12.2. The van der Waals surface area contributed by atoms with Crippen molar-refractivity contribution in [3.63, 3.8) is 0 Å². The van der Waals surface area contributed by atoms with E-state index in [0.29, 0.717) is 22.3 Å². The van der Waals surface area contributed by atoms with Crippen molar-refractivity contribution in [3.8, 4) is 5.75 Å². The molecule has 6 nitrogen and oxygen atoms in total. The molecule has 0 radical (unpaired) electrons. The highest BCUT2D eigenvalue weighted by molar-refractivity contribution is 6.31. The van der Waals surface area contributed by atoms with Crippen LogP contribution in [0.15, 0.2) is 30.3 Å². The highest BCUT2D eigenvalue weighted by atomic mass is 35.5. The zero-order chi connectivity index (χ0) is 15.4. The van der Waals surface area contributed by atoms with Crippen LogP contribution < -0.4 is 21.3 Å². The molecular weight excluding hydrogens is 292 g/mol. The van der Waals surface area contributed by atoms with Crippen LogP contribution in [0.25, 0.3) is 0 Å². The number of nitrogens with one attached hydrogen (secondary N) is 2. The zero-order valence-electron chi connectivity index (χ0n) is 11.6. The second kappa shape index (κ2) is 6.43. The van der Waals surface area contributed by atoms with Gasteiger partial charge in [-0.15, -0.1) is 0 Å². The van der Waals surface area contributed by atoms with Gasteiger partial charge in [-0.2, -0.15) is 0 Å². The molecule has 7 heteroatoms. The SMILES string of the molecule is COc1cc(Cl)c(C)cc1NC(=O)c1cccc(NN)n1. The van der Waals surface area contributed by atoms with Crippen molar-refractivity contribution in [3.05, 3.63) is 46.6 Å². The summed E-state index contributed by atoms with van der Waals surface area (Å²) in [6.07, 6.45) is 0. The number of carbonyl (C=O) groups is 1. The fourth-order valence-corrected chi connectivity index (χ4v) is 1.91. The molecule has 2 rings (SSSR count). The second-order valence-electron chi connectivity index (χ2n) is 4.31. The third-order valence-corrected chi connectivity index (χ3v) is 3.27. The molecule has 4 N–H and O–H groups in total. The zero-order valence-corrected chi connectivity index (χ0v) is 12.4. The van der Waals surface area contributed by atoms with Crippen molar-refractivity contribution in [1.82, 2.24) is 4.98 Å². The summed E-state index contributed by atoms with van der Waals surface area (Å²) in [7, 11) is 1.51. The van der Waals surface area contributed by atoms with Gasteiger partial charge in [0.05, 0.1) is 12.8 Å². The van der Waals surface area contributed by atoms with E-state index in [1.165, 1.54) is 7.11 Å². The van der Waals surface area contributed by atoms with Gasteiger partial charge < -0.3 is 15.5 Å². The van der Waals surface area contributed by atoms with Crippen LogP contribution in [-0.4, -0.2) is 18.0 Å². The van der Waals surface area contributed by atoms with Crippen molar-refractivity contribution in [1.29, 1.82) is 0 Å². The van der Waals surface area contributed by atoms with E-state index in [4.69, 9.17) is 22.2 Å². The highest BCUT2D eigenvalue weighted by Gasteiger charge is 2.13. The number of hydrogen-bond donors (Lipinski definition) is 3. The van der Waals surface area contributed by atoms with Gasteiger partial charge in [0.15, 0.2) is 0 Å². The molecule has 0 aliphatic carbocycles. The van der Waals surface area contributed by atoms with E-state index < -0.39 is 0 Å². The Labute approximate surface area is 127 Å². The number of nitrogens with zero attached hydrogens (tertiary/aromatic N) is 1. The lowest BCUT2D eigenvalue weighted by Crippen LogP contribution is -2.16. The van der Waals surface area contributed by atoms with E-state index in [-0.39, 0.29) is 11.6 Å². The number of halogens is 1. The molecule has 0 bridgehead atoms. The van der Waals surface area contributed by atoms with Gasteiger partial charge in [0, 0.05) is 11.1 Å². The van der Waals surface area contributed by atoms with Crippen LogP contribution in [0, 0.1) is 6.92 Å². The summed E-state index contributed by atoms with van der Waals surface area (Å²) in [6, 6.07) is 8.32. The molecule has 0 spiro atoms. The fraction of sp³-hybridized carbons (Fsp3) is 0.143. The second-order valence-corrected chi connectivity index (χ2v) is 4.72. The van der Waals surface area contributed by atoms with Crippen molar-refractivity contribution >= 4 is 29.0 Å². The summed E-state index contributed by atoms with van der Waals surface area (Å²) in [4.78, 5) is 16.3. The molecule has 0 aliphatic rings. The number of pyridine rings is 1. The Morgan fingerprint density at radius 1 is 1.38 bits per heavy atom. The van der Waals surface area contributed by atoms with Crippen LogP contribution in [0.2, 0.25) is 5.02 Å². The van der Waals surface area contributed by atoms with E-state index in [1.807, 2.05) is 6.92 Å². The molecular formula is C14H15ClN4O2. The van der Waals surface area contributed by atoms with Crippen molar-refractivity contribution in [2.45, 2.75) is 6.92 Å². The molecule has 110 valence electrons. The van der Waals surface area contributed by atoms with E-state index in [2.05, 4.69) is 15.7 Å². The largest absolute Gasteiger partial charge is 0.495 e. The lowest BCUT2D eigenvalue weighted by atomic mass is 10.2. The molecule has 0 saturated carbocycles. The first-order valence-corrected chi connectivity index (χ1v) is 6.52. The molecule has 2 aromatic rings. The Hall–Kier alpha value is -2.31. The lowest BCUT2D eigenvalue weighted by Gasteiger charge is -2.12. The van der Waals surface area contributed by atoms with Gasteiger partial charge in [-0.05, 0) is 30.7 Å². The normalized spacial score (nSPS) is 10.1. The lowest BCUT2D eigenvalue weighted by molar-refractivity contribution is 0.102. The Balaban J connectivity index is 2.28. The number of amides is 1. The predicted octanol–water partition coefficient (Wildman–Crippen LogP) is 2.59. The molecule has 1 amide bonds. The maximum Gasteiger partial charge on any atom is 0.274 e. The minimum Gasteiger partial charge on any atom is -0.495 e. The molecule has 0 aliphatic heterocycles. The molecule has 21 heavy (non-hydrogen) atoms. The molecule has 1 heterocycles. The smallest absolute Gasteiger partial charge is 0.274 e. The number of hydrazine groups is 1. The van der Waals surface area contributed by atoms with Gasteiger partial charge in [0.1, 0.15) is 17.3 Å². The first-order chi connectivity index (χ1) is 10.0. The number of hydrogen-bond acceptors (Lipinski definition) is 5. The standard InChI is InChI=1S/C14H15ClN4O2/c1-8-6-11(12(21-2)7-9(8)15)18-14(20)10-4-3-5-13(17-10)19-16/h3-7H,16H2,1-2H3,(H,17,19)(H,18,20). The first-order valence-electron chi connectivity index (χ1n) is 6.14. The Morgan fingerprint density at radius 2 is 2.14 bits per heavy atom. The molecule has 0 atom stereocenters. The van der Waals surface area contributed by atoms with Crippen LogP contribution in [0.5, 0.6) is 5.75 Å². The van der Waals surface area contributed by atoms with Crippen LogP contribution >= 0.6 is 11.6 Å². The van der Waals surface area contributed by atoms with Gasteiger partial charge in [0.2, 0.25) is 0 Å². The summed E-state index contributed by atoms with van der Waals surface area (Å²) in [5.41, 5.74) is 3.99. The third kappa shape index (κ3) is 3.42. The van der Waals surface area contributed by atoms with Gasteiger partial charge in [0.25, 0.3) is 5.91 Å². The number of carbonyl (C=O) groups excluding carboxylic acids is 1. The Morgan fingerprint density at radius 3 is 2.81 bits per heavy atom. The van der Waals surface area contributed by atoms with Gasteiger partial charge in [-0.1, -0.05) is 17.7 Å². The van der Waals surface area contributed by atoms with E-state index in [0.717, 1.165) is 5.56 Å². The summed E-state index contributed by atoms with van der Waals surface area (Å²) < 4.78 is 5.21. The fourth-order valence-electron chi connectivity index (χ4n) is 1.76. The number of nitrogens with two attached hydrogens (primary N) is 1. The van der Waals surface area contributed by atoms with Crippen LogP contribution in [-0.2, 0) is 0 Å². The van der Waals surface area contributed by atoms with Crippen molar-refractivity contribution < 1.29 is 9.53 Å². The summed E-state index contributed by atoms with van der Waals surface area (Å²) in [5.74, 6) is 5.79. The first kappa shape index (κ1) is 15.1. The molecule has 0 fully saturated rings. The number of methoxy groups -OCH3 is 1. The van der Waals surface area contributed by atoms with Gasteiger partial charge >= 0.3 is 0 Å². The van der Waals surface area contributed by atoms with E-state index in [1.54, 1.807) is 30.3 Å². The van der Waals surface area contributed by atoms with Gasteiger partial charge in [-0.25, -0.2) is 10.8 Å². The summed E-state index contributed by atoms with van der Waals surface area (Å²) in [5, 5.41) is 3.31. The number of nitrogen functional groups attached to an aromatic ring is 1. The van der Waals surface area contributed by atoms with Gasteiger partial charge in [-0.3, -0.25) is 4.79 Å². The number of aromatic nitrogens is 1. The number of rotatable bonds is 4. The highest BCUT2D eigenvalue weighted by Crippen LogP contribution is 2.31. The third-order valence-electron chi connectivity index (χ3n) is 2.86. The maximum atomic E-state index is 12.2. The van der Waals surface area contributed by atoms with E-state index >= 15 is 0 Å². The molecule has 1 aromatic heterocycles. The molecule has 1 aromatic carbocycles. The Kier molecular flexibility index (Phi) is 4.62. The van der Waals surface area contributed by atoms with Crippen molar-refractivity contribution in [2.75, 3.05) is 17.9 Å². The minimum atomic E-state index is -0.368. The van der Waals surface area contributed by atoms with Crippen LogP contribution in [0.3, 0.4) is 0 Å². The topological polar surface area (TPSA) is 89.3 Å². The van der Waals surface area contributed by atoms with E-state index in [9.17, 15) is 4.79 Å². The number of ether oxygens (including phenoxy) is 1. The average molecular weight is 307 g/mol. The average Bonchev–Trinajstić information content (AvgIpc) is 2.50. The summed E-state index contributed by atoms with van der Waals surface area (Å²) >= 11 is 6.03. The number of anilines is 2. The Bertz CT molecular complexity index is 676. The van der Waals surface area contributed by atoms with Crippen LogP contribution in [0.4, 0.5) is 11.5 Å². The van der Waals surface area contributed by atoms with Crippen molar-refractivity contribution in [2.24, 2.45) is 5.84 Å².